The fourth-order valence-corrected chi connectivity index (χ4v) is 3.30. The van der Waals surface area contributed by atoms with Gasteiger partial charge in [-0.05, 0) is 43.2 Å². The first-order valence-electron chi connectivity index (χ1n) is 10.5. The van der Waals surface area contributed by atoms with Crippen molar-refractivity contribution in [1.29, 1.82) is 0 Å². The third kappa shape index (κ3) is 10.5. The van der Waals surface area contributed by atoms with Crippen LogP contribution in [0.4, 0.5) is 0 Å². The average Bonchev–Trinajstić information content (AvgIpc) is 2.74. The van der Waals surface area contributed by atoms with Gasteiger partial charge < -0.3 is 19.7 Å². The topological polar surface area (TPSA) is 46.1 Å². The lowest BCUT2D eigenvalue weighted by atomic mass is 10.1. The van der Waals surface area contributed by atoms with Gasteiger partial charge in [0.05, 0.1) is 12.7 Å². The van der Waals surface area contributed by atoms with E-state index in [1.54, 1.807) is 0 Å². The van der Waals surface area contributed by atoms with E-state index >= 15 is 0 Å². The second-order valence-corrected chi connectivity index (χ2v) is 7.40. The predicted molar refractivity (Wildman–Crippen MR) is 132 cm³/mol. The molecule has 0 unspecified atom stereocenters. The van der Waals surface area contributed by atoms with Crippen LogP contribution in [0.1, 0.15) is 49.7 Å². The number of guanidine groups is 1. The minimum Gasteiger partial charge on any atom is -0.381 e. The molecule has 29 heavy (non-hydrogen) atoms. The molecule has 1 aromatic carbocycles. The minimum absolute atomic E-state index is 0. The number of nitrogens with zero attached hydrogens (tertiary/aromatic N) is 2. The van der Waals surface area contributed by atoms with Gasteiger partial charge in [0.1, 0.15) is 0 Å². The standard InChI is InChI=1S/C23H37N3O2.HI/c1-4-5-6-7-8-15-26(3)23(24-2)25-18-20-9-11-21(12-10-20)19-28-22-13-16-27-17-14-22;/h4,9-12,22H,1,5-8,13-19H2,2-3H3,(H,24,25);1H. The van der Waals surface area contributed by atoms with Crippen LogP contribution in [0.3, 0.4) is 0 Å². The summed E-state index contributed by atoms with van der Waals surface area (Å²) in [6.07, 6.45) is 9.06. The van der Waals surface area contributed by atoms with Gasteiger partial charge >= 0.3 is 0 Å². The average molecular weight is 515 g/mol. The molecule has 1 aromatic rings. The van der Waals surface area contributed by atoms with E-state index < -0.39 is 0 Å². The van der Waals surface area contributed by atoms with Crippen LogP contribution in [0.5, 0.6) is 0 Å². The van der Waals surface area contributed by atoms with Crippen LogP contribution in [0, 0.1) is 0 Å². The molecule has 0 bridgehead atoms. The molecule has 1 saturated heterocycles. The van der Waals surface area contributed by atoms with Crippen LogP contribution in [0.2, 0.25) is 0 Å². The van der Waals surface area contributed by atoms with Crippen LogP contribution in [-0.4, -0.2) is 50.8 Å². The van der Waals surface area contributed by atoms with E-state index in [0.717, 1.165) is 51.5 Å². The van der Waals surface area contributed by atoms with Crippen molar-refractivity contribution in [3.05, 3.63) is 48.0 Å². The van der Waals surface area contributed by atoms with E-state index in [-0.39, 0.29) is 24.0 Å². The van der Waals surface area contributed by atoms with E-state index in [2.05, 4.69) is 53.1 Å². The van der Waals surface area contributed by atoms with Crippen molar-refractivity contribution < 1.29 is 9.47 Å². The van der Waals surface area contributed by atoms with Gasteiger partial charge in [-0.3, -0.25) is 4.99 Å². The lowest BCUT2D eigenvalue weighted by molar-refractivity contribution is -0.0390. The first-order chi connectivity index (χ1) is 13.7. The van der Waals surface area contributed by atoms with Crippen LogP contribution < -0.4 is 5.32 Å². The first kappa shape index (κ1) is 25.9. The number of hydrogen-bond donors (Lipinski definition) is 1. The molecule has 164 valence electrons. The lowest BCUT2D eigenvalue weighted by Crippen LogP contribution is -2.39. The summed E-state index contributed by atoms with van der Waals surface area (Å²) in [4.78, 5) is 6.60. The molecule has 1 aliphatic rings. The molecule has 6 heteroatoms. The Kier molecular flexibility index (Phi) is 14.0. The molecule has 2 rings (SSSR count). The van der Waals surface area contributed by atoms with Gasteiger partial charge in [0.25, 0.3) is 0 Å². The largest absolute Gasteiger partial charge is 0.381 e. The molecule has 1 fully saturated rings. The summed E-state index contributed by atoms with van der Waals surface area (Å²) < 4.78 is 11.4. The van der Waals surface area contributed by atoms with Crippen LogP contribution in [0.25, 0.3) is 0 Å². The number of allylic oxidation sites excluding steroid dienone is 1. The van der Waals surface area contributed by atoms with Gasteiger partial charge in [-0.1, -0.05) is 36.8 Å². The fourth-order valence-electron chi connectivity index (χ4n) is 3.30. The van der Waals surface area contributed by atoms with Crippen LogP contribution >= 0.6 is 24.0 Å². The Morgan fingerprint density at radius 2 is 1.90 bits per heavy atom. The van der Waals surface area contributed by atoms with Gasteiger partial charge in [0, 0.05) is 40.4 Å². The Balaban J connectivity index is 0.00000420. The van der Waals surface area contributed by atoms with E-state index in [1.807, 2.05) is 13.1 Å². The Bertz CT molecular complexity index is 586. The lowest BCUT2D eigenvalue weighted by Gasteiger charge is -2.23. The molecular formula is C23H38IN3O2. The summed E-state index contributed by atoms with van der Waals surface area (Å²) >= 11 is 0. The smallest absolute Gasteiger partial charge is 0.193 e. The zero-order valence-electron chi connectivity index (χ0n) is 18.1. The van der Waals surface area contributed by atoms with Gasteiger partial charge in [-0.15, -0.1) is 30.6 Å². The highest BCUT2D eigenvalue weighted by molar-refractivity contribution is 14.0. The summed E-state index contributed by atoms with van der Waals surface area (Å²) in [6, 6.07) is 8.64. The normalized spacial score (nSPS) is 14.9. The molecule has 1 heterocycles. The number of unbranched alkanes of at least 4 members (excludes halogenated alkanes) is 3. The number of halogens is 1. The van der Waals surface area contributed by atoms with Crippen molar-refractivity contribution in [2.24, 2.45) is 4.99 Å². The zero-order valence-corrected chi connectivity index (χ0v) is 20.4. The highest BCUT2D eigenvalue weighted by Gasteiger charge is 2.14. The van der Waals surface area contributed by atoms with Crippen LogP contribution in [0.15, 0.2) is 41.9 Å². The number of aliphatic imine (C=N–C) groups is 1. The summed E-state index contributed by atoms with van der Waals surface area (Å²) in [5, 5.41) is 3.46. The third-order valence-corrected chi connectivity index (χ3v) is 5.10. The molecule has 0 aromatic heterocycles. The highest BCUT2D eigenvalue weighted by atomic mass is 127. The second-order valence-electron chi connectivity index (χ2n) is 7.40. The predicted octanol–water partition coefficient (Wildman–Crippen LogP) is 4.75. The van der Waals surface area contributed by atoms with Gasteiger partial charge in [0.2, 0.25) is 0 Å². The summed E-state index contributed by atoms with van der Waals surface area (Å²) in [5.74, 6) is 0.940. The maximum Gasteiger partial charge on any atom is 0.193 e. The molecule has 0 spiro atoms. The van der Waals surface area contributed by atoms with Crippen molar-refractivity contribution in [2.45, 2.75) is 57.8 Å². The maximum absolute atomic E-state index is 5.99. The quantitative estimate of drug-likeness (QED) is 0.152. The van der Waals surface area contributed by atoms with Crippen LogP contribution in [-0.2, 0) is 22.6 Å². The zero-order chi connectivity index (χ0) is 20.0. The van der Waals surface area contributed by atoms with Gasteiger partial charge in [-0.2, -0.15) is 0 Å². The summed E-state index contributed by atoms with van der Waals surface area (Å²) in [7, 11) is 3.94. The Labute approximate surface area is 194 Å². The maximum atomic E-state index is 5.99. The Hall–Kier alpha value is -1.12. The highest BCUT2D eigenvalue weighted by Crippen LogP contribution is 2.14. The Morgan fingerprint density at radius 3 is 2.55 bits per heavy atom. The van der Waals surface area contributed by atoms with Crippen molar-refractivity contribution >= 4 is 29.9 Å². The number of rotatable bonds is 11. The molecule has 0 radical (unpaired) electrons. The van der Waals surface area contributed by atoms with Gasteiger partial charge in [0.15, 0.2) is 5.96 Å². The van der Waals surface area contributed by atoms with Gasteiger partial charge in [-0.25, -0.2) is 0 Å². The molecule has 5 nitrogen and oxygen atoms in total. The van der Waals surface area contributed by atoms with E-state index in [4.69, 9.17) is 9.47 Å². The van der Waals surface area contributed by atoms with Crippen molar-refractivity contribution in [3.8, 4) is 0 Å². The molecule has 1 aliphatic heterocycles. The summed E-state index contributed by atoms with van der Waals surface area (Å²) in [5.41, 5.74) is 2.46. The van der Waals surface area contributed by atoms with Crippen molar-refractivity contribution in [3.63, 3.8) is 0 Å². The summed E-state index contributed by atoms with van der Waals surface area (Å²) in [6.45, 7) is 7.87. The molecule has 0 amide bonds. The molecule has 1 N–H and O–H groups in total. The number of ether oxygens (including phenoxy) is 2. The second kappa shape index (κ2) is 15.7. The molecule has 0 saturated carbocycles. The van der Waals surface area contributed by atoms with E-state index in [0.29, 0.717) is 12.7 Å². The van der Waals surface area contributed by atoms with E-state index in [1.165, 1.54) is 30.4 Å². The minimum atomic E-state index is 0. The van der Waals surface area contributed by atoms with E-state index in [9.17, 15) is 0 Å². The SMILES string of the molecule is C=CCCCCCN(C)C(=NC)NCc1ccc(COC2CCOCC2)cc1.I. The molecule has 0 aliphatic carbocycles. The van der Waals surface area contributed by atoms with Crippen molar-refractivity contribution in [1.82, 2.24) is 10.2 Å². The first-order valence-corrected chi connectivity index (χ1v) is 10.5. The Morgan fingerprint density at radius 1 is 1.21 bits per heavy atom. The number of nitrogens with one attached hydrogen (secondary N) is 1. The van der Waals surface area contributed by atoms with Crippen molar-refractivity contribution in [2.75, 3.05) is 33.9 Å². The number of benzene rings is 1. The molecule has 0 atom stereocenters. The fraction of sp³-hybridized carbons (Fsp3) is 0.609. The monoisotopic (exact) mass is 515 g/mol. The number of hydrogen-bond acceptors (Lipinski definition) is 3. The molecular weight excluding hydrogens is 477 g/mol. The third-order valence-electron chi connectivity index (χ3n) is 5.10.